The molecule has 0 bridgehead atoms. The lowest BCUT2D eigenvalue weighted by Gasteiger charge is -2.17. The van der Waals surface area contributed by atoms with Gasteiger partial charge >= 0.3 is 0 Å². The molecule has 2 heterocycles. The first-order chi connectivity index (χ1) is 6.75. The number of likely N-dealkylation sites (tertiary alicyclic amines) is 1. The molecule has 0 aromatic carbocycles. The van der Waals surface area contributed by atoms with Gasteiger partial charge in [-0.1, -0.05) is 0 Å². The molecule has 1 aromatic heterocycles. The fourth-order valence-corrected chi connectivity index (χ4v) is 2.04. The van der Waals surface area contributed by atoms with E-state index in [9.17, 15) is 0 Å². The van der Waals surface area contributed by atoms with Gasteiger partial charge in [-0.15, -0.1) is 0 Å². The van der Waals surface area contributed by atoms with Gasteiger partial charge in [0.2, 0.25) is 0 Å². The van der Waals surface area contributed by atoms with Crippen LogP contribution in [0.3, 0.4) is 0 Å². The van der Waals surface area contributed by atoms with Gasteiger partial charge in [-0.05, 0) is 39.1 Å². The van der Waals surface area contributed by atoms with E-state index < -0.39 is 0 Å². The molecular formula is C11H18N2O. The van der Waals surface area contributed by atoms with Crippen LogP contribution < -0.4 is 5.32 Å². The molecule has 3 nitrogen and oxygen atoms in total. The largest absolute Gasteiger partial charge is 0.468 e. The normalized spacial score (nSPS) is 25.4. The fraction of sp³-hybridized carbons (Fsp3) is 0.636. The molecule has 0 spiro atoms. The smallest absolute Gasteiger partial charge is 0.120 e. The summed E-state index contributed by atoms with van der Waals surface area (Å²) in [5, 5.41) is 3.58. The minimum atomic E-state index is 0.321. The van der Waals surface area contributed by atoms with Gasteiger partial charge in [-0.25, -0.2) is 0 Å². The van der Waals surface area contributed by atoms with Gasteiger partial charge in [0.1, 0.15) is 5.76 Å². The Balaban J connectivity index is 1.86. The van der Waals surface area contributed by atoms with Crippen molar-refractivity contribution in [1.82, 2.24) is 10.2 Å². The lowest BCUT2D eigenvalue weighted by atomic mass is 10.2. The molecule has 0 radical (unpaired) electrons. The van der Waals surface area contributed by atoms with Gasteiger partial charge in [0.05, 0.1) is 12.3 Å². The van der Waals surface area contributed by atoms with Crippen LogP contribution in [0.2, 0.25) is 0 Å². The van der Waals surface area contributed by atoms with E-state index in [1.807, 2.05) is 12.1 Å². The van der Waals surface area contributed by atoms with E-state index in [1.54, 1.807) is 6.26 Å². The van der Waals surface area contributed by atoms with Gasteiger partial charge in [0, 0.05) is 12.6 Å². The fourth-order valence-electron chi connectivity index (χ4n) is 2.04. The summed E-state index contributed by atoms with van der Waals surface area (Å²) in [6.45, 7) is 4.49. The first-order valence-electron chi connectivity index (χ1n) is 5.23. The number of nitrogens with zero attached hydrogens (tertiary/aromatic N) is 1. The molecular weight excluding hydrogens is 176 g/mol. The third-order valence-electron chi connectivity index (χ3n) is 2.85. The van der Waals surface area contributed by atoms with Crippen LogP contribution in [0.5, 0.6) is 0 Å². The summed E-state index contributed by atoms with van der Waals surface area (Å²) in [7, 11) is 2.17. The Morgan fingerprint density at radius 3 is 3.07 bits per heavy atom. The van der Waals surface area contributed by atoms with E-state index in [0.29, 0.717) is 12.1 Å². The molecule has 2 atom stereocenters. The van der Waals surface area contributed by atoms with Crippen molar-refractivity contribution < 1.29 is 4.42 Å². The van der Waals surface area contributed by atoms with Crippen LogP contribution in [-0.2, 0) is 0 Å². The third-order valence-corrected chi connectivity index (χ3v) is 2.85. The molecule has 1 fully saturated rings. The van der Waals surface area contributed by atoms with E-state index in [4.69, 9.17) is 4.42 Å². The molecule has 0 aliphatic carbocycles. The van der Waals surface area contributed by atoms with Crippen molar-refractivity contribution in [3.8, 4) is 0 Å². The van der Waals surface area contributed by atoms with Crippen LogP contribution in [-0.4, -0.2) is 31.1 Å². The van der Waals surface area contributed by atoms with Crippen LogP contribution in [0.15, 0.2) is 22.8 Å². The predicted octanol–water partition coefficient (Wildman–Crippen LogP) is 1.63. The zero-order valence-electron chi connectivity index (χ0n) is 8.86. The molecule has 1 aliphatic heterocycles. The highest BCUT2D eigenvalue weighted by Crippen LogP contribution is 2.16. The van der Waals surface area contributed by atoms with E-state index in [-0.39, 0.29) is 0 Å². The summed E-state index contributed by atoms with van der Waals surface area (Å²) in [6.07, 6.45) is 2.97. The first kappa shape index (κ1) is 9.74. The number of furan rings is 1. The summed E-state index contributed by atoms with van der Waals surface area (Å²) in [5.74, 6) is 1.03. The molecule has 1 aromatic rings. The maximum Gasteiger partial charge on any atom is 0.120 e. The molecule has 14 heavy (non-hydrogen) atoms. The summed E-state index contributed by atoms with van der Waals surface area (Å²) in [5.41, 5.74) is 0. The minimum absolute atomic E-state index is 0.321. The van der Waals surface area contributed by atoms with Crippen molar-refractivity contribution >= 4 is 0 Å². The van der Waals surface area contributed by atoms with Crippen molar-refractivity contribution in [3.05, 3.63) is 24.2 Å². The molecule has 78 valence electrons. The number of hydrogen-bond acceptors (Lipinski definition) is 3. The summed E-state index contributed by atoms with van der Waals surface area (Å²) < 4.78 is 5.36. The van der Waals surface area contributed by atoms with Crippen molar-refractivity contribution in [2.24, 2.45) is 0 Å². The second-order valence-electron chi connectivity index (χ2n) is 4.15. The number of rotatable bonds is 3. The summed E-state index contributed by atoms with van der Waals surface area (Å²) in [4.78, 5) is 2.35. The molecule has 0 saturated carbocycles. The average molecular weight is 194 g/mol. The topological polar surface area (TPSA) is 28.4 Å². The molecule has 1 N–H and O–H groups in total. The minimum Gasteiger partial charge on any atom is -0.468 e. The van der Waals surface area contributed by atoms with E-state index in [2.05, 4.69) is 24.2 Å². The van der Waals surface area contributed by atoms with Crippen LogP contribution >= 0.6 is 0 Å². The van der Waals surface area contributed by atoms with Gasteiger partial charge in [0.25, 0.3) is 0 Å². The maximum absolute atomic E-state index is 5.36. The van der Waals surface area contributed by atoms with Crippen LogP contribution in [0, 0.1) is 0 Å². The SMILES string of the molecule is C[C@H](N[C@H]1CCN(C)C1)c1ccco1. The van der Waals surface area contributed by atoms with Gasteiger partial charge in [-0.2, -0.15) is 0 Å². The second kappa shape index (κ2) is 4.15. The Morgan fingerprint density at radius 2 is 2.50 bits per heavy atom. The molecule has 1 saturated heterocycles. The Morgan fingerprint density at radius 1 is 1.64 bits per heavy atom. The monoisotopic (exact) mass is 194 g/mol. The van der Waals surface area contributed by atoms with Crippen LogP contribution in [0.1, 0.15) is 25.1 Å². The van der Waals surface area contributed by atoms with Gasteiger partial charge < -0.3 is 14.6 Å². The van der Waals surface area contributed by atoms with Crippen LogP contribution in [0.4, 0.5) is 0 Å². The quantitative estimate of drug-likeness (QED) is 0.793. The van der Waals surface area contributed by atoms with Crippen molar-refractivity contribution in [1.29, 1.82) is 0 Å². The summed E-state index contributed by atoms with van der Waals surface area (Å²) >= 11 is 0. The van der Waals surface area contributed by atoms with Crippen molar-refractivity contribution in [2.45, 2.75) is 25.4 Å². The number of likely N-dealkylation sites (N-methyl/N-ethyl adjacent to an activating group) is 1. The Hall–Kier alpha value is -0.800. The molecule has 2 rings (SSSR count). The lowest BCUT2D eigenvalue weighted by molar-refractivity contribution is 0.365. The number of hydrogen-bond donors (Lipinski definition) is 1. The maximum atomic E-state index is 5.36. The molecule has 1 aliphatic rings. The van der Waals surface area contributed by atoms with Crippen molar-refractivity contribution in [3.63, 3.8) is 0 Å². The van der Waals surface area contributed by atoms with E-state index in [0.717, 1.165) is 12.3 Å². The zero-order chi connectivity index (χ0) is 9.97. The average Bonchev–Trinajstić information content (AvgIpc) is 2.75. The highest BCUT2D eigenvalue weighted by Gasteiger charge is 2.21. The highest BCUT2D eigenvalue weighted by molar-refractivity contribution is 5.03. The van der Waals surface area contributed by atoms with Crippen LogP contribution in [0.25, 0.3) is 0 Å². The first-order valence-corrected chi connectivity index (χ1v) is 5.23. The van der Waals surface area contributed by atoms with Gasteiger partial charge in [0.15, 0.2) is 0 Å². The van der Waals surface area contributed by atoms with E-state index >= 15 is 0 Å². The highest BCUT2D eigenvalue weighted by atomic mass is 16.3. The summed E-state index contributed by atoms with van der Waals surface area (Å²) in [6, 6.07) is 4.89. The molecule has 0 amide bonds. The predicted molar refractivity (Wildman–Crippen MR) is 56.2 cm³/mol. The Kier molecular flexibility index (Phi) is 2.89. The zero-order valence-corrected chi connectivity index (χ0v) is 8.86. The van der Waals surface area contributed by atoms with Crippen molar-refractivity contribution in [2.75, 3.05) is 20.1 Å². The Bertz CT molecular complexity index is 271. The Labute approximate surface area is 85.1 Å². The lowest BCUT2D eigenvalue weighted by Crippen LogP contribution is -2.33. The second-order valence-corrected chi connectivity index (χ2v) is 4.15. The third kappa shape index (κ3) is 2.16. The standard InChI is InChI=1S/C11H18N2O/c1-9(11-4-3-7-14-11)12-10-5-6-13(2)8-10/h3-4,7,9-10,12H,5-6,8H2,1-2H3/t9-,10-/m0/s1. The van der Waals surface area contributed by atoms with E-state index in [1.165, 1.54) is 13.0 Å². The molecule has 3 heteroatoms. The number of nitrogens with one attached hydrogen (secondary N) is 1. The molecule has 0 unspecified atom stereocenters. The van der Waals surface area contributed by atoms with Gasteiger partial charge in [-0.3, -0.25) is 0 Å².